The lowest BCUT2D eigenvalue weighted by atomic mass is 9.79. The van der Waals surface area contributed by atoms with E-state index in [9.17, 15) is 23.8 Å². The van der Waals surface area contributed by atoms with Gasteiger partial charge in [0.2, 0.25) is 11.6 Å². The topological polar surface area (TPSA) is 144 Å². The summed E-state index contributed by atoms with van der Waals surface area (Å²) >= 11 is 0. The average Bonchev–Trinajstić information content (AvgIpc) is 4.49. The number of aromatic nitrogens is 6. The van der Waals surface area contributed by atoms with Gasteiger partial charge in [0, 0.05) is 49.9 Å². The molecule has 19 heteroatoms. The zero-order valence-corrected chi connectivity index (χ0v) is 42.2. The molecule has 4 aromatic heterocycles. The van der Waals surface area contributed by atoms with Gasteiger partial charge < -0.3 is 25.2 Å². The summed E-state index contributed by atoms with van der Waals surface area (Å²) in [5.74, 6) is -23.6. The van der Waals surface area contributed by atoms with Crippen molar-refractivity contribution >= 4 is 63.4 Å². The highest BCUT2D eigenvalue weighted by molar-refractivity contribution is 6.01. The number of benzene rings is 5. The first-order valence-electron chi connectivity index (χ1n) is 24.2. The van der Waals surface area contributed by atoms with Crippen LogP contribution in [0.25, 0.3) is 113 Å². The maximum atomic E-state index is 16.2. The third-order valence-corrected chi connectivity index (χ3v) is 13.9. The SMILES string of the molecule is CC(C)(C)c1cc(-c2nc3cc(-c4c5nc(c(-c6c(F)c(F)c(F)c(F)c6F)c6ccc([nH]6)c(-c6ccc(C(=O)O)cc6)c6nc(c(-c7c(F)c(F)c(F)c(F)c7F)c7ccc4[nH]7)C=C6)C=C5)ccc3[nH]2)c(O)c(C(C)(C)C)c1. The highest BCUT2D eigenvalue weighted by atomic mass is 19.2. The molecule has 0 fully saturated rings. The normalized spacial score (nSPS) is 12.6. The van der Waals surface area contributed by atoms with Crippen molar-refractivity contribution in [1.82, 2.24) is 29.9 Å². The number of rotatable bonds is 6. The van der Waals surface area contributed by atoms with E-state index in [2.05, 4.69) is 19.9 Å². The molecule has 6 heterocycles. The number of halogens is 10. The fourth-order valence-corrected chi connectivity index (χ4v) is 9.88. The Hall–Kier alpha value is -9.26. The molecule has 2 aliphatic rings. The van der Waals surface area contributed by atoms with Crippen LogP contribution >= 0.6 is 0 Å². The number of carbonyl (C=O) groups is 1. The van der Waals surface area contributed by atoms with Crippen LogP contribution in [0, 0.1) is 58.2 Å². The zero-order valence-electron chi connectivity index (χ0n) is 42.2. The van der Waals surface area contributed by atoms with E-state index in [0.717, 1.165) is 5.56 Å². The summed E-state index contributed by atoms with van der Waals surface area (Å²) in [5.41, 5.74) is -2.81. The van der Waals surface area contributed by atoms with Crippen LogP contribution in [0.4, 0.5) is 43.9 Å². The Labute approximate surface area is 441 Å². The van der Waals surface area contributed by atoms with Gasteiger partial charge in [-0.25, -0.2) is 63.7 Å². The Balaban J connectivity index is 1.28. The smallest absolute Gasteiger partial charge is 0.335 e. The van der Waals surface area contributed by atoms with Crippen LogP contribution in [0.15, 0.2) is 78.9 Å². The van der Waals surface area contributed by atoms with E-state index in [1.54, 1.807) is 18.2 Å². The third kappa shape index (κ3) is 8.50. The summed E-state index contributed by atoms with van der Waals surface area (Å²) in [6, 6.07) is 19.1. The molecule has 9 nitrogen and oxygen atoms in total. The summed E-state index contributed by atoms with van der Waals surface area (Å²) in [6.45, 7) is 12.0. The predicted octanol–water partition coefficient (Wildman–Crippen LogP) is 16.3. The molecule has 5 aromatic carbocycles. The number of fused-ring (bicyclic) bond motifs is 9. The molecule has 5 N–H and O–H groups in total. The second-order valence-electron chi connectivity index (χ2n) is 21.0. The van der Waals surface area contributed by atoms with Crippen LogP contribution < -0.4 is 0 Å². The molecule has 0 unspecified atom stereocenters. The first-order valence-corrected chi connectivity index (χ1v) is 24.2. The van der Waals surface area contributed by atoms with Crippen molar-refractivity contribution in [3.63, 3.8) is 0 Å². The largest absolute Gasteiger partial charge is 0.507 e. The molecule has 0 saturated heterocycles. The van der Waals surface area contributed by atoms with Crippen molar-refractivity contribution < 1.29 is 58.9 Å². The van der Waals surface area contributed by atoms with Crippen LogP contribution in [-0.2, 0) is 10.8 Å². The fourth-order valence-electron chi connectivity index (χ4n) is 9.88. The molecule has 0 atom stereocenters. The molecule has 8 bridgehead atoms. The Morgan fingerprint density at radius 1 is 0.430 bits per heavy atom. The van der Waals surface area contributed by atoms with Crippen LogP contribution in [0.3, 0.4) is 0 Å². The summed E-state index contributed by atoms with van der Waals surface area (Å²) in [7, 11) is 0. The molecule has 398 valence electrons. The Bertz CT molecular complexity index is 4260. The highest BCUT2D eigenvalue weighted by Gasteiger charge is 2.33. The molecular weight excluding hydrogens is 1040 g/mol. The summed E-state index contributed by atoms with van der Waals surface area (Å²) in [5, 5.41) is 21.5. The van der Waals surface area contributed by atoms with E-state index in [4.69, 9.17) is 9.97 Å². The van der Waals surface area contributed by atoms with E-state index < -0.39 is 91.8 Å². The van der Waals surface area contributed by atoms with Crippen LogP contribution in [-0.4, -0.2) is 46.1 Å². The fraction of sp³-hybridized carbons (Fsp3) is 0.133. The number of aromatic hydroxyl groups is 1. The number of nitrogens with one attached hydrogen (secondary N) is 3. The molecule has 79 heavy (non-hydrogen) atoms. The number of phenolic OH excluding ortho intramolecular Hbond substituents is 1. The van der Waals surface area contributed by atoms with Crippen LogP contribution in [0.5, 0.6) is 5.75 Å². The molecule has 11 rings (SSSR count). The summed E-state index contributed by atoms with van der Waals surface area (Å²) < 4.78 is 156. The number of hydrogen-bond donors (Lipinski definition) is 5. The molecule has 0 aliphatic carbocycles. The van der Waals surface area contributed by atoms with Crippen molar-refractivity contribution in [1.29, 1.82) is 0 Å². The number of aromatic carboxylic acids is 1. The van der Waals surface area contributed by atoms with E-state index >= 15 is 35.1 Å². The number of phenols is 1. The highest BCUT2D eigenvalue weighted by Crippen LogP contribution is 2.45. The van der Waals surface area contributed by atoms with Gasteiger partial charge in [-0.05, 0) is 106 Å². The van der Waals surface area contributed by atoms with E-state index in [-0.39, 0.29) is 89.6 Å². The first-order chi connectivity index (χ1) is 37.3. The Morgan fingerprint density at radius 2 is 0.823 bits per heavy atom. The number of aromatic amines is 3. The minimum atomic E-state index is -2.42. The van der Waals surface area contributed by atoms with E-state index in [1.807, 2.05) is 53.7 Å². The van der Waals surface area contributed by atoms with Gasteiger partial charge in [-0.1, -0.05) is 65.8 Å². The van der Waals surface area contributed by atoms with Crippen molar-refractivity contribution in [2.24, 2.45) is 0 Å². The number of hydrogen-bond acceptors (Lipinski definition) is 5. The zero-order chi connectivity index (χ0) is 56.5. The number of H-pyrrole nitrogens is 3. The molecule has 0 saturated carbocycles. The Kier molecular flexibility index (Phi) is 12.1. The van der Waals surface area contributed by atoms with Crippen molar-refractivity contribution in [2.45, 2.75) is 52.4 Å². The lowest BCUT2D eigenvalue weighted by molar-refractivity contribution is 0.0696. The maximum Gasteiger partial charge on any atom is 0.335 e. The first kappa shape index (κ1) is 51.8. The third-order valence-electron chi connectivity index (χ3n) is 13.9. The second kappa shape index (κ2) is 18.5. The van der Waals surface area contributed by atoms with Gasteiger partial charge in [-0.15, -0.1) is 0 Å². The van der Waals surface area contributed by atoms with Crippen molar-refractivity contribution in [3.05, 3.63) is 177 Å². The van der Waals surface area contributed by atoms with Gasteiger partial charge in [-0.2, -0.15) is 0 Å². The number of carboxylic acid groups (broad SMARTS) is 1. The van der Waals surface area contributed by atoms with Gasteiger partial charge in [0.15, 0.2) is 46.5 Å². The average molecular weight is 1080 g/mol. The molecular formula is C60H40F10N6O3. The number of imidazole rings is 1. The van der Waals surface area contributed by atoms with Crippen molar-refractivity contribution in [2.75, 3.05) is 0 Å². The van der Waals surface area contributed by atoms with Gasteiger partial charge in [0.05, 0.1) is 56.1 Å². The summed E-state index contributed by atoms with van der Waals surface area (Å²) in [4.78, 5) is 35.5. The molecule has 0 radical (unpaired) electrons. The summed E-state index contributed by atoms with van der Waals surface area (Å²) in [6.07, 6.45) is 5.16. The minimum absolute atomic E-state index is 0.00919. The van der Waals surface area contributed by atoms with Gasteiger partial charge in [0.25, 0.3) is 0 Å². The molecule has 0 spiro atoms. The number of carboxylic acids is 1. The second-order valence-corrected chi connectivity index (χ2v) is 21.0. The standard InChI is InChI=1S/C60H40F10N6O3/c1-59(2,3)27-22-28(56(77)29(23-27)60(4,5)6)57-75-30-12-11-26(21-39(30)76-57)41-33-15-19-37(73-33)42(44-46(61)50(65)54(69)51(66)47(44)62)35-17-13-31(71-35)40(24-7-9-25(10-8-24)58(78)79)32-14-18-36(72-32)43(38-20-16-34(41)74-38)45-48(63)52(67)55(70)53(68)49(45)64/h7-23,71,74,77H,1-6H3,(H,75,76)(H,78,79). The molecule has 9 aromatic rings. The van der Waals surface area contributed by atoms with Gasteiger partial charge >= 0.3 is 5.97 Å². The van der Waals surface area contributed by atoms with Crippen LogP contribution in [0.1, 0.15) is 85.8 Å². The van der Waals surface area contributed by atoms with E-state index in [1.165, 1.54) is 72.8 Å². The van der Waals surface area contributed by atoms with E-state index in [0.29, 0.717) is 22.2 Å². The predicted molar refractivity (Wildman–Crippen MR) is 281 cm³/mol. The van der Waals surface area contributed by atoms with Gasteiger partial charge in [0.1, 0.15) is 11.6 Å². The Morgan fingerprint density at radius 3 is 1.25 bits per heavy atom. The monoisotopic (exact) mass is 1080 g/mol. The number of nitrogens with zero attached hydrogens (tertiary/aromatic N) is 3. The lowest BCUT2D eigenvalue weighted by Crippen LogP contribution is -2.17. The minimum Gasteiger partial charge on any atom is -0.507 e. The lowest BCUT2D eigenvalue weighted by Gasteiger charge is -2.27. The molecule has 2 aliphatic heterocycles. The van der Waals surface area contributed by atoms with Crippen LogP contribution in [0.2, 0.25) is 0 Å². The van der Waals surface area contributed by atoms with Gasteiger partial charge in [-0.3, -0.25) is 0 Å². The quantitative estimate of drug-likeness (QED) is 0.0637. The van der Waals surface area contributed by atoms with Crippen molar-refractivity contribution in [3.8, 4) is 61.6 Å². The maximum absolute atomic E-state index is 16.2. The molecule has 0 amide bonds.